The molecule has 2 N–H and O–H groups in total. The molecule has 0 saturated carbocycles. The molecule has 0 atom stereocenters. The lowest BCUT2D eigenvalue weighted by atomic mass is 10.2. The molecule has 0 fully saturated rings. The number of H-pyrrole nitrogens is 1. The summed E-state index contributed by atoms with van der Waals surface area (Å²) in [6, 6.07) is 3.28. The number of nitrogens with one attached hydrogen (secondary N) is 2. The van der Waals surface area contributed by atoms with Gasteiger partial charge in [-0.15, -0.1) is 5.10 Å². The van der Waals surface area contributed by atoms with Gasteiger partial charge in [0.15, 0.2) is 0 Å². The van der Waals surface area contributed by atoms with Crippen molar-refractivity contribution in [1.82, 2.24) is 15.2 Å². The first kappa shape index (κ1) is 16.4. The number of nitrogens with zero attached hydrogens (tertiary/aromatic N) is 5. The number of hydrazone groups is 1. The van der Waals surface area contributed by atoms with Crippen molar-refractivity contribution in [3.63, 3.8) is 0 Å². The molecule has 11 nitrogen and oxygen atoms in total. The Morgan fingerprint density at radius 1 is 1.39 bits per heavy atom. The molecule has 0 amide bonds. The fourth-order valence-corrected chi connectivity index (χ4v) is 2.14. The van der Waals surface area contributed by atoms with Crippen molar-refractivity contribution in [2.45, 2.75) is 12.1 Å². The number of thioether (sulfide) groups is 1. The number of anilines is 1. The van der Waals surface area contributed by atoms with Gasteiger partial charge < -0.3 is 0 Å². The lowest BCUT2D eigenvalue weighted by molar-refractivity contribution is -0.393. The molecule has 2 rings (SSSR count). The molecule has 0 spiro atoms. The van der Waals surface area contributed by atoms with E-state index in [1.165, 1.54) is 24.0 Å². The fraction of sp³-hybridized carbons (Fsp3) is 0.182. The Bertz CT molecular complexity index is 761. The summed E-state index contributed by atoms with van der Waals surface area (Å²) >= 11 is 1.33. The molecule has 2 aromatic rings. The number of rotatable bonds is 7. The van der Waals surface area contributed by atoms with E-state index in [1.807, 2.05) is 0 Å². The highest BCUT2D eigenvalue weighted by atomic mass is 32.2. The smallest absolute Gasteiger partial charge is 0.272 e. The standard InChI is InChI=1S/C11H11N7O4S/c1-7-13-11(16-14-7)23-5-4-12-15-9-3-2-8(17(19)20)6-10(9)18(21)22/h2-4,6,15H,5H2,1H3,(H,13,14,16)/b12-4+. The Hall–Kier alpha value is -3.02. The van der Waals surface area contributed by atoms with Gasteiger partial charge in [0.2, 0.25) is 5.16 Å². The Morgan fingerprint density at radius 3 is 2.78 bits per heavy atom. The van der Waals surface area contributed by atoms with Gasteiger partial charge in [-0.1, -0.05) is 11.8 Å². The number of aromatic amines is 1. The maximum Gasteiger partial charge on any atom is 0.301 e. The molecule has 0 aliphatic carbocycles. The largest absolute Gasteiger partial charge is 0.301 e. The van der Waals surface area contributed by atoms with Crippen LogP contribution in [0.3, 0.4) is 0 Å². The zero-order valence-electron chi connectivity index (χ0n) is 11.8. The monoisotopic (exact) mass is 337 g/mol. The number of benzene rings is 1. The van der Waals surface area contributed by atoms with Crippen LogP contribution in [-0.2, 0) is 0 Å². The van der Waals surface area contributed by atoms with Gasteiger partial charge in [0.25, 0.3) is 5.69 Å². The third kappa shape index (κ3) is 4.47. The van der Waals surface area contributed by atoms with Gasteiger partial charge in [0.1, 0.15) is 11.5 Å². The Balaban J connectivity index is 1.97. The Morgan fingerprint density at radius 2 is 2.17 bits per heavy atom. The topological polar surface area (TPSA) is 152 Å². The molecule has 1 aromatic carbocycles. The maximum atomic E-state index is 10.9. The summed E-state index contributed by atoms with van der Waals surface area (Å²) in [7, 11) is 0. The van der Waals surface area contributed by atoms with E-state index in [0.29, 0.717) is 16.7 Å². The summed E-state index contributed by atoms with van der Waals surface area (Å²) < 4.78 is 0. The molecular weight excluding hydrogens is 326 g/mol. The number of hydrogen-bond donors (Lipinski definition) is 2. The van der Waals surface area contributed by atoms with Crippen LogP contribution >= 0.6 is 11.8 Å². The molecule has 0 aliphatic rings. The van der Waals surface area contributed by atoms with Crippen LogP contribution in [0.4, 0.5) is 17.1 Å². The molecule has 120 valence electrons. The van der Waals surface area contributed by atoms with E-state index in [1.54, 1.807) is 6.92 Å². The average Bonchev–Trinajstić information content (AvgIpc) is 2.92. The molecule has 23 heavy (non-hydrogen) atoms. The minimum absolute atomic E-state index is 0.0654. The maximum absolute atomic E-state index is 10.9. The van der Waals surface area contributed by atoms with E-state index in [4.69, 9.17) is 0 Å². The number of aromatic nitrogens is 3. The third-order valence-corrected chi connectivity index (χ3v) is 3.29. The van der Waals surface area contributed by atoms with Crippen LogP contribution in [0.1, 0.15) is 5.82 Å². The lowest BCUT2D eigenvalue weighted by Crippen LogP contribution is -1.99. The minimum atomic E-state index is -0.712. The van der Waals surface area contributed by atoms with Crippen LogP contribution in [0.15, 0.2) is 28.5 Å². The lowest BCUT2D eigenvalue weighted by Gasteiger charge is -2.01. The molecule has 0 bridgehead atoms. The fourth-order valence-electron chi connectivity index (χ4n) is 1.53. The molecule has 1 heterocycles. The number of nitro benzene ring substituents is 2. The van der Waals surface area contributed by atoms with Gasteiger partial charge in [-0.25, -0.2) is 4.98 Å². The molecular formula is C11H11N7O4S. The third-order valence-electron chi connectivity index (χ3n) is 2.53. The van der Waals surface area contributed by atoms with Crippen LogP contribution < -0.4 is 5.43 Å². The van der Waals surface area contributed by atoms with Crippen LogP contribution in [0.2, 0.25) is 0 Å². The average molecular weight is 337 g/mol. The minimum Gasteiger partial charge on any atom is -0.272 e. The summed E-state index contributed by atoms with van der Waals surface area (Å²) in [6.07, 6.45) is 1.49. The first-order valence-electron chi connectivity index (χ1n) is 6.19. The predicted octanol–water partition coefficient (Wildman–Crippen LogP) is 2.12. The second-order valence-corrected chi connectivity index (χ2v) is 5.14. The van der Waals surface area contributed by atoms with Crippen molar-refractivity contribution in [1.29, 1.82) is 0 Å². The van der Waals surface area contributed by atoms with Crippen molar-refractivity contribution in [3.8, 4) is 0 Å². The van der Waals surface area contributed by atoms with Crippen molar-refractivity contribution >= 4 is 35.0 Å². The summed E-state index contributed by atoms with van der Waals surface area (Å²) in [5.74, 6) is 1.15. The summed E-state index contributed by atoms with van der Waals surface area (Å²) in [6.45, 7) is 1.78. The number of non-ortho nitro benzene ring substituents is 1. The summed E-state index contributed by atoms with van der Waals surface area (Å²) in [5.41, 5.74) is 1.78. The Kier molecular flexibility index (Phi) is 5.19. The van der Waals surface area contributed by atoms with Crippen molar-refractivity contribution in [2.75, 3.05) is 11.2 Å². The normalized spacial score (nSPS) is 10.8. The second kappa shape index (κ2) is 7.31. The first-order chi connectivity index (χ1) is 11.0. The van der Waals surface area contributed by atoms with E-state index in [-0.39, 0.29) is 11.4 Å². The molecule has 0 unspecified atom stereocenters. The molecule has 0 saturated heterocycles. The molecule has 0 aliphatic heterocycles. The molecule has 12 heteroatoms. The van der Waals surface area contributed by atoms with Crippen LogP contribution in [0.5, 0.6) is 0 Å². The van der Waals surface area contributed by atoms with E-state index in [2.05, 4.69) is 25.7 Å². The first-order valence-corrected chi connectivity index (χ1v) is 7.18. The van der Waals surface area contributed by atoms with Gasteiger partial charge >= 0.3 is 5.69 Å². The van der Waals surface area contributed by atoms with Crippen LogP contribution in [0.25, 0.3) is 0 Å². The van der Waals surface area contributed by atoms with Crippen molar-refractivity contribution in [2.24, 2.45) is 5.10 Å². The van der Waals surface area contributed by atoms with E-state index < -0.39 is 15.5 Å². The van der Waals surface area contributed by atoms with Crippen molar-refractivity contribution in [3.05, 3.63) is 44.3 Å². The highest BCUT2D eigenvalue weighted by Gasteiger charge is 2.18. The predicted molar refractivity (Wildman–Crippen MR) is 83.7 cm³/mol. The van der Waals surface area contributed by atoms with E-state index in [9.17, 15) is 20.2 Å². The van der Waals surface area contributed by atoms with Gasteiger partial charge in [-0.2, -0.15) is 5.10 Å². The number of aryl methyl sites for hydroxylation is 1. The highest BCUT2D eigenvalue weighted by Crippen LogP contribution is 2.28. The second-order valence-electron chi connectivity index (χ2n) is 4.15. The van der Waals surface area contributed by atoms with Gasteiger partial charge in [0.05, 0.1) is 15.9 Å². The molecule has 0 radical (unpaired) electrons. The molecule has 1 aromatic heterocycles. The zero-order valence-corrected chi connectivity index (χ0v) is 12.6. The van der Waals surface area contributed by atoms with Crippen LogP contribution in [0, 0.1) is 27.2 Å². The SMILES string of the molecule is Cc1nc(SC/C=N/Nc2ccc([N+](=O)[O-])cc2[N+](=O)[O-])n[nH]1. The van der Waals surface area contributed by atoms with E-state index in [0.717, 1.165) is 12.1 Å². The Labute approximate surface area is 133 Å². The number of hydrogen-bond acceptors (Lipinski definition) is 9. The van der Waals surface area contributed by atoms with Gasteiger partial charge in [-0.3, -0.25) is 30.8 Å². The van der Waals surface area contributed by atoms with Gasteiger partial charge in [0, 0.05) is 18.0 Å². The quantitative estimate of drug-likeness (QED) is 0.337. The van der Waals surface area contributed by atoms with Gasteiger partial charge in [-0.05, 0) is 13.0 Å². The zero-order chi connectivity index (χ0) is 16.8. The van der Waals surface area contributed by atoms with E-state index >= 15 is 0 Å². The van der Waals surface area contributed by atoms with Crippen molar-refractivity contribution < 1.29 is 9.85 Å². The van der Waals surface area contributed by atoms with Crippen LogP contribution in [-0.4, -0.2) is 37.0 Å². The summed E-state index contributed by atoms with van der Waals surface area (Å²) in [5, 5.41) is 32.6. The highest BCUT2D eigenvalue weighted by molar-refractivity contribution is 7.99. The number of nitro groups is 2. The summed E-state index contributed by atoms with van der Waals surface area (Å²) in [4.78, 5) is 24.3.